The summed E-state index contributed by atoms with van der Waals surface area (Å²) in [7, 11) is 0. The van der Waals surface area contributed by atoms with E-state index < -0.39 is 0 Å². The molecule has 3 rings (SSSR count). The Hall–Kier alpha value is -3.77. The zero-order chi connectivity index (χ0) is 20.6. The Morgan fingerprint density at radius 1 is 1.34 bits per heavy atom. The molecule has 29 heavy (non-hydrogen) atoms. The fourth-order valence-corrected chi connectivity index (χ4v) is 3.01. The minimum Gasteiger partial charge on any atom is -0.397 e. The van der Waals surface area contributed by atoms with Crippen molar-refractivity contribution in [3.05, 3.63) is 53.6 Å². The average Bonchev–Trinajstić information content (AvgIpc) is 2.77. The molecule has 9 nitrogen and oxygen atoms in total. The van der Waals surface area contributed by atoms with Gasteiger partial charge in [0.15, 0.2) is 0 Å². The molecule has 1 saturated heterocycles. The van der Waals surface area contributed by atoms with Crippen molar-refractivity contribution in [1.29, 1.82) is 16.1 Å². The normalized spacial score (nSPS) is 14.2. The maximum Gasteiger partial charge on any atom is 0.129 e. The maximum atomic E-state index is 8.65. The third kappa shape index (κ3) is 4.75. The molecule has 9 heteroatoms. The van der Waals surface area contributed by atoms with E-state index in [9.17, 15) is 0 Å². The first-order valence-corrected chi connectivity index (χ1v) is 9.23. The largest absolute Gasteiger partial charge is 0.397 e. The molecule has 0 bridgehead atoms. The Morgan fingerprint density at radius 2 is 2.14 bits per heavy atom. The van der Waals surface area contributed by atoms with Crippen LogP contribution in [0.4, 0.5) is 11.5 Å². The van der Waals surface area contributed by atoms with Gasteiger partial charge < -0.3 is 26.7 Å². The van der Waals surface area contributed by atoms with Gasteiger partial charge in [-0.3, -0.25) is 10.4 Å². The monoisotopic (exact) mass is 389 g/mol. The Morgan fingerprint density at radius 3 is 2.86 bits per heavy atom. The van der Waals surface area contributed by atoms with Gasteiger partial charge in [0.05, 0.1) is 35.1 Å². The molecule has 148 valence electrons. The van der Waals surface area contributed by atoms with E-state index in [4.69, 9.17) is 21.8 Å². The molecule has 0 aromatic carbocycles. The molecule has 0 atom stereocenters. The van der Waals surface area contributed by atoms with Crippen molar-refractivity contribution >= 4 is 29.0 Å². The van der Waals surface area contributed by atoms with Gasteiger partial charge in [-0.1, -0.05) is 6.07 Å². The van der Waals surface area contributed by atoms with E-state index in [0.717, 1.165) is 38.2 Å². The molecule has 1 aliphatic rings. The van der Waals surface area contributed by atoms with Crippen LogP contribution in [0.5, 0.6) is 0 Å². The Balaban J connectivity index is 1.90. The van der Waals surface area contributed by atoms with Gasteiger partial charge >= 0.3 is 0 Å². The van der Waals surface area contributed by atoms with Crippen molar-refractivity contribution in [2.75, 3.05) is 43.4 Å². The summed E-state index contributed by atoms with van der Waals surface area (Å²) in [6, 6.07) is 9.26. The highest BCUT2D eigenvalue weighted by atomic mass is 15.2. The highest BCUT2D eigenvalue weighted by molar-refractivity contribution is 6.14. The number of piperazine rings is 1. The lowest BCUT2D eigenvalue weighted by atomic mass is 10.0. The van der Waals surface area contributed by atoms with Crippen LogP contribution < -0.4 is 21.3 Å². The van der Waals surface area contributed by atoms with Crippen LogP contribution in [0.3, 0.4) is 0 Å². The van der Waals surface area contributed by atoms with Gasteiger partial charge in [0.2, 0.25) is 0 Å². The van der Waals surface area contributed by atoms with Crippen molar-refractivity contribution in [1.82, 2.24) is 20.6 Å². The molecule has 0 unspecified atom stereocenters. The SMILES string of the molecule is N#CCN/C=C(\C=N)c1cc(C(=N)c2cccc(N3CCNCC3)n2)c(N)cn1. The van der Waals surface area contributed by atoms with E-state index in [2.05, 4.69) is 25.5 Å². The number of pyridine rings is 2. The van der Waals surface area contributed by atoms with Crippen LogP contribution in [0.15, 0.2) is 36.7 Å². The number of nitrogen functional groups attached to an aromatic ring is 1. The third-order valence-electron chi connectivity index (χ3n) is 4.53. The molecule has 1 fully saturated rings. The molecular weight excluding hydrogens is 366 g/mol. The van der Waals surface area contributed by atoms with Crippen LogP contribution in [0, 0.1) is 22.1 Å². The standard InChI is InChI=1S/C20H23N9/c21-4-5-26-12-14(11-22)18-10-15(16(23)13-27-18)20(24)17-2-1-3-19(28-17)29-8-6-25-7-9-29/h1-3,10-13,22,24-26H,5-9,23H2/b14-12+,22-11?,24-20?. The number of anilines is 2. The second kappa shape index (κ2) is 9.43. The average molecular weight is 389 g/mol. The summed E-state index contributed by atoms with van der Waals surface area (Å²) in [4.78, 5) is 11.1. The van der Waals surface area contributed by atoms with Crippen LogP contribution in [0.25, 0.3) is 5.57 Å². The van der Waals surface area contributed by atoms with Gasteiger partial charge in [0, 0.05) is 49.7 Å². The third-order valence-corrected chi connectivity index (χ3v) is 4.53. The number of nitriles is 1. The number of nitrogens with zero attached hydrogens (tertiary/aromatic N) is 4. The number of hydrogen-bond acceptors (Lipinski definition) is 9. The van der Waals surface area contributed by atoms with Crippen LogP contribution in [-0.4, -0.2) is 54.6 Å². The van der Waals surface area contributed by atoms with Crippen LogP contribution in [0.1, 0.15) is 17.0 Å². The summed E-state index contributed by atoms with van der Waals surface area (Å²) in [5.41, 5.74) is 8.62. The zero-order valence-corrected chi connectivity index (χ0v) is 15.9. The maximum absolute atomic E-state index is 8.65. The Kier molecular flexibility index (Phi) is 6.50. The fraction of sp³-hybridized carbons (Fsp3) is 0.250. The lowest BCUT2D eigenvalue weighted by Gasteiger charge is -2.28. The van der Waals surface area contributed by atoms with E-state index in [1.54, 1.807) is 18.3 Å². The second-order valence-electron chi connectivity index (χ2n) is 6.43. The lowest BCUT2D eigenvalue weighted by molar-refractivity contribution is 0.585. The molecule has 2 aromatic heterocycles. The van der Waals surface area contributed by atoms with Crippen molar-refractivity contribution in [3.63, 3.8) is 0 Å². The van der Waals surface area contributed by atoms with Crippen molar-refractivity contribution in [2.45, 2.75) is 0 Å². The summed E-state index contributed by atoms with van der Waals surface area (Å²) in [6.07, 6.45) is 4.16. The lowest BCUT2D eigenvalue weighted by Crippen LogP contribution is -2.44. The summed E-state index contributed by atoms with van der Waals surface area (Å²) in [6.45, 7) is 3.67. The van der Waals surface area contributed by atoms with E-state index in [0.29, 0.717) is 28.2 Å². The van der Waals surface area contributed by atoms with E-state index in [1.807, 2.05) is 18.2 Å². The minimum atomic E-state index is 0.123. The summed E-state index contributed by atoms with van der Waals surface area (Å²) in [5.74, 6) is 0.836. The molecular formula is C20H23N9. The van der Waals surface area contributed by atoms with Crippen LogP contribution in [0.2, 0.25) is 0 Å². The smallest absolute Gasteiger partial charge is 0.129 e. The van der Waals surface area contributed by atoms with E-state index in [1.165, 1.54) is 6.20 Å². The molecule has 0 radical (unpaired) electrons. The van der Waals surface area contributed by atoms with Gasteiger partial charge in [0.1, 0.15) is 12.4 Å². The summed E-state index contributed by atoms with van der Waals surface area (Å²) < 4.78 is 0. The second-order valence-corrected chi connectivity index (χ2v) is 6.43. The summed E-state index contributed by atoms with van der Waals surface area (Å²) in [5, 5.41) is 31.0. The number of nitrogens with two attached hydrogens (primary N) is 1. The first-order chi connectivity index (χ1) is 14.1. The molecule has 1 aliphatic heterocycles. The Labute approximate surface area is 169 Å². The number of allylic oxidation sites excluding steroid dienone is 1. The highest BCUT2D eigenvalue weighted by Crippen LogP contribution is 2.21. The molecule has 0 aliphatic carbocycles. The predicted octanol–water partition coefficient (Wildman–Crippen LogP) is 0.988. The zero-order valence-electron chi connectivity index (χ0n) is 15.9. The van der Waals surface area contributed by atoms with Gasteiger partial charge in [-0.25, -0.2) is 4.98 Å². The molecule has 6 N–H and O–H groups in total. The number of nitrogens with one attached hydrogen (secondary N) is 4. The molecule has 0 saturated carbocycles. The molecule has 0 amide bonds. The quantitative estimate of drug-likeness (QED) is 0.269. The molecule has 2 aromatic rings. The highest BCUT2D eigenvalue weighted by Gasteiger charge is 2.16. The summed E-state index contributed by atoms with van der Waals surface area (Å²) >= 11 is 0. The number of aromatic nitrogens is 2. The number of rotatable bonds is 7. The molecule has 0 spiro atoms. The molecule has 3 heterocycles. The minimum absolute atomic E-state index is 0.123. The van der Waals surface area contributed by atoms with Gasteiger partial charge in [-0.15, -0.1) is 0 Å². The van der Waals surface area contributed by atoms with Gasteiger partial charge in [-0.2, -0.15) is 5.26 Å². The number of hydrogen-bond donors (Lipinski definition) is 5. The predicted molar refractivity (Wildman–Crippen MR) is 114 cm³/mol. The Bertz CT molecular complexity index is 968. The topological polar surface area (TPSA) is 151 Å². The van der Waals surface area contributed by atoms with Crippen molar-refractivity contribution < 1.29 is 0 Å². The van der Waals surface area contributed by atoms with E-state index >= 15 is 0 Å². The van der Waals surface area contributed by atoms with Crippen molar-refractivity contribution in [2.24, 2.45) is 0 Å². The van der Waals surface area contributed by atoms with Gasteiger partial charge in [0.25, 0.3) is 0 Å². The first-order valence-electron chi connectivity index (χ1n) is 9.23. The fourth-order valence-electron chi connectivity index (χ4n) is 3.01. The first kappa shape index (κ1) is 20.0. The van der Waals surface area contributed by atoms with Crippen molar-refractivity contribution in [3.8, 4) is 6.07 Å². The van der Waals surface area contributed by atoms with E-state index in [-0.39, 0.29) is 12.3 Å². The van der Waals surface area contributed by atoms with Crippen LogP contribution >= 0.6 is 0 Å². The van der Waals surface area contributed by atoms with Gasteiger partial charge in [-0.05, 0) is 18.2 Å². The van der Waals surface area contributed by atoms with Crippen LogP contribution in [-0.2, 0) is 0 Å².